The van der Waals surface area contributed by atoms with Crippen LogP contribution in [0.5, 0.6) is 0 Å². The Morgan fingerprint density at radius 2 is 2.50 bits per heavy atom. The van der Waals surface area contributed by atoms with Crippen LogP contribution in [0, 0.1) is 0 Å². The molecule has 0 fully saturated rings. The van der Waals surface area contributed by atoms with Gasteiger partial charge in [0, 0.05) is 16.2 Å². The molecule has 74 valence electrons. The maximum Gasteiger partial charge on any atom is 0.248 e. The van der Waals surface area contributed by atoms with Gasteiger partial charge in [-0.25, -0.2) is 4.98 Å². The molecule has 0 aliphatic carbocycles. The first-order valence-electron chi connectivity index (χ1n) is 3.86. The number of anilines is 1. The summed E-state index contributed by atoms with van der Waals surface area (Å²) in [6, 6.07) is 1.69. The van der Waals surface area contributed by atoms with E-state index < -0.39 is 0 Å². The van der Waals surface area contributed by atoms with E-state index in [1.54, 1.807) is 6.07 Å². The van der Waals surface area contributed by atoms with E-state index in [2.05, 4.69) is 32.8 Å². The van der Waals surface area contributed by atoms with Crippen LogP contribution in [0.3, 0.4) is 0 Å². The van der Waals surface area contributed by atoms with Crippen LogP contribution in [-0.2, 0) is 11.4 Å². The second kappa shape index (κ2) is 4.88. The Labute approximate surface area is 89.8 Å². The van der Waals surface area contributed by atoms with Gasteiger partial charge in [-0.1, -0.05) is 6.58 Å². The quantitative estimate of drug-likeness (QED) is 0.806. The van der Waals surface area contributed by atoms with Crippen molar-refractivity contribution in [1.82, 2.24) is 4.98 Å². The average Bonchev–Trinajstić information content (AvgIpc) is 2.20. The maximum atomic E-state index is 11.0. The zero-order valence-electron chi connectivity index (χ0n) is 7.33. The summed E-state index contributed by atoms with van der Waals surface area (Å²) in [6.45, 7) is 3.14. The third kappa shape index (κ3) is 2.65. The van der Waals surface area contributed by atoms with Gasteiger partial charge >= 0.3 is 0 Å². The molecule has 0 spiro atoms. The van der Waals surface area contributed by atoms with Gasteiger partial charge in [0.2, 0.25) is 5.91 Å². The topological polar surface area (TPSA) is 62.2 Å². The molecule has 1 rings (SSSR count). The molecule has 0 saturated heterocycles. The van der Waals surface area contributed by atoms with Crippen LogP contribution in [0.25, 0.3) is 0 Å². The number of nitrogens with zero attached hydrogens (tertiary/aromatic N) is 1. The summed E-state index contributed by atoms with van der Waals surface area (Å²) in [4.78, 5) is 14.9. The highest BCUT2D eigenvalue weighted by atomic mass is 79.9. The molecule has 0 radical (unpaired) electrons. The van der Waals surface area contributed by atoms with Crippen LogP contribution in [-0.4, -0.2) is 16.0 Å². The fraction of sp³-hybridized carbons (Fsp3) is 0.111. The Bertz CT molecular complexity index is 366. The predicted molar refractivity (Wildman–Crippen MR) is 56.7 cm³/mol. The summed E-state index contributed by atoms with van der Waals surface area (Å²) in [6.07, 6.45) is 2.68. The van der Waals surface area contributed by atoms with E-state index in [1.165, 1.54) is 6.20 Å². The monoisotopic (exact) mass is 256 g/mol. The molecule has 0 atom stereocenters. The molecule has 1 amide bonds. The summed E-state index contributed by atoms with van der Waals surface area (Å²) in [5.41, 5.74) is 0.551. The lowest BCUT2D eigenvalue weighted by Gasteiger charge is -2.06. The molecule has 0 unspecified atom stereocenters. The highest BCUT2D eigenvalue weighted by Gasteiger charge is 2.05. The first-order chi connectivity index (χ1) is 6.67. The van der Waals surface area contributed by atoms with Crippen LogP contribution >= 0.6 is 15.9 Å². The van der Waals surface area contributed by atoms with E-state index in [0.717, 1.165) is 10.5 Å². The molecule has 1 aromatic rings. The number of hydrogen-bond donors (Lipinski definition) is 2. The van der Waals surface area contributed by atoms with Gasteiger partial charge in [-0.05, 0) is 28.1 Å². The second-order valence-electron chi connectivity index (χ2n) is 2.51. The second-order valence-corrected chi connectivity index (χ2v) is 3.43. The van der Waals surface area contributed by atoms with Crippen molar-refractivity contribution < 1.29 is 9.90 Å². The van der Waals surface area contributed by atoms with Crippen LogP contribution in [0.15, 0.2) is 29.4 Å². The lowest BCUT2D eigenvalue weighted by atomic mass is 10.2. The zero-order valence-corrected chi connectivity index (χ0v) is 8.91. The zero-order chi connectivity index (χ0) is 10.6. The van der Waals surface area contributed by atoms with Crippen LogP contribution in [0.1, 0.15) is 5.56 Å². The number of halogens is 1. The number of pyridine rings is 1. The van der Waals surface area contributed by atoms with Gasteiger partial charge in [-0.2, -0.15) is 0 Å². The van der Waals surface area contributed by atoms with Gasteiger partial charge in [-0.3, -0.25) is 4.79 Å². The summed E-state index contributed by atoms with van der Waals surface area (Å²) >= 11 is 3.21. The summed E-state index contributed by atoms with van der Waals surface area (Å²) < 4.78 is 0.748. The van der Waals surface area contributed by atoms with Gasteiger partial charge in [0.15, 0.2) is 0 Å². The number of nitrogens with one attached hydrogen (secondary N) is 1. The fourth-order valence-corrected chi connectivity index (χ4v) is 1.26. The Morgan fingerprint density at radius 3 is 3.07 bits per heavy atom. The van der Waals surface area contributed by atoms with Gasteiger partial charge in [-0.15, -0.1) is 0 Å². The molecule has 1 aromatic heterocycles. The fourth-order valence-electron chi connectivity index (χ4n) is 0.882. The Kier molecular flexibility index (Phi) is 3.79. The minimum absolute atomic E-state index is 0.181. The summed E-state index contributed by atoms with van der Waals surface area (Å²) in [5.74, 6) is -0.00452. The Balaban J connectivity index is 2.96. The van der Waals surface area contributed by atoms with Crippen molar-refractivity contribution in [3.63, 3.8) is 0 Å². The molecular formula is C9H9BrN2O2. The van der Waals surface area contributed by atoms with Gasteiger partial charge in [0.1, 0.15) is 5.82 Å². The van der Waals surface area contributed by atoms with Gasteiger partial charge < -0.3 is 10.4 Å². The maximum absolute atomic E-state index is 11.0. The van der Waals surface area contributed by atoms with E-state index in [-0.39, 0.29) is 12.5 Å². The molecule has 4 nitrogen and oxygen atoms in total. The highest BCUT2D eigenvalue weighted by molar-refractivity contribution is 9.10. The summed E-state index contributed by atoms with van der Waals surface area (Å²) in [5, 5.41) is 11.5. The van der Waals surface area contributed by atoms with Crippen molar-refractivity contribution >= 4 is 27.7 Å². The van der Waals surface area contributed by atoms with Crippen molar-refractivity contribution in [3.8, 4) is 0 Å². The van der Waals surface area contributed by atoms with Crippen molar-refractivity contribution in [2.24, 2.45) is 0 Å². The largest absolute Gasteiger partial charge is 0.392 e. The standard InChI is InChI=1S/C9H9BrN2O2/c1-2-8(14)12-9-6(5-13)3-7(10)4-11-9/h2-4,13H,1,5H2,(H,11,12,14). The Hall–Kier alpha value is -1.20. The molecule has 0 aliphatic heterocycles. The van der Waals surface area contributed by atoms with Crippen LogP contribution in [0.2, 0.25) is 0 Å². The van der Waals surface area contributed by atoms with E-state index in [9.17, 15) is 4.79 Å². The lowest BCUT2D eigenvalue weighted by Crippen LogP contribution is -2.11. The minimum atomic E-state index is -0.352. The SMILES string of the molecule is C=CC(=O)Nc1ncc(Br)cc1CO. The number of aliphatic hydroxyl groups is 1. The highest BCUT2D eigenvalue weighted by Crippen LogP contribution is 2.17. The number of carbonyl (C=O) groups is 1. The molecule has 0 aromatic carbocycles. The molecule has 5 heteroatoms. The third-order valence-electron chi connectivity index (χ3n) is 1.53. The Morgan fingerprint density at radius 1 is 1.79 bits per heavy atom. The molecule has 0 saturated carbocycles. The predicted octanol–water partition coefficient (Wildman–Crippen LogP) is 1.46. The first kappa shape index (κ1) is 10.9. The number of aromatic nitrogens is 1. The number of aliphatic hydroxyl groups excluding tert-OH is 1. The van der Waals surface area contributed by atoms with Crippen molar-refractivity contribution in [2.45, 2.75) is 6.61 Å². The van der Waals surface area contributed by atoms with Gasteiger partial charge in [0.25, 0.3) is 0 Å². The molecule has 1 heterocycles. The lowest BCUT2D eigenvalue weighted by molar-refractivity contribution is -0.111. The van der Waals surface area contributed by atoms with E-state index >= 15 is 0 Å². The minimum Gasteiger partial charge on any atom is -0.392 e. The number of hydrogen-bond acceptors (Lipinski definition) is 3. The van der Waals surface area contributed by atoms with Crippen LogP contribution < -0.4 is 5.32 Å². The van der Waals surface area contributed by atoms with Gasteiger partial charge in [0.05, 0.1) is 6.61 Å². The average molecular weight is 257 g/mol. The van der Waals surface area contributed by atoms with Crippen molar-refractivity contribution in [3.05, 3.63) is 35.0 Å². The summed E-state index contributed by atoms with van der Waals surface area (Å²) in [7, 11) is 0. The number of carbonyl (C=O) groups excluding carboxylic acids is 1. The molecule has 0 bridgehead atoms. The van der Waals surface area contributed by atoms with Crippen LogP contribution in [0.4, 0.5) is 5.82 Å². The smallest absolute Gasteiger partial charge is 0.248 e. The molecule has 0 aliphatic rings. The normalized spacial score (nSPS) is 9.57. The molecule has 14 heavy (non-hydrogen) atoms. The number of amides is 1. The molecular weight excluding hydrogens is 248 g/mol. The molecule has 2 N–H and O–H groups in total. The van der Waals surface area contributed by atoms with Crippen molar-refractivity contribution in [2.75, 3.05) is 5.32 Å². The number of rotatable bonds is 3. The third-order valence-corrected chi connectivity index (χ3v) is 1.96. The van der Waals surface area contributed by atoms with E-state index in [0.29, 0.717) is 11.4 Å². The van der Waals surface area contributed by atoms with Crippen molar-refractivity contribution in [1.29, 1.82) is 0 Å². The van der Waals surface area contributed by atoms with E-state index in [4.69, 9.17) is 5.11 Å². The van der Waals surface area contributed by atoms with E-state index in [1.807, 2.05) is 0 Å². The first-order valence-corrected chi connectivity index (χ1v) is 4.65.